The Kier molecular flexibility index (Phi) is 6.52. The Hall–Kier alpha value is -0.610. The average molecular weight is 242 g/mol. The van der Waals surface area contributed by atoms with Crippen molar-refractivity contribution < 1.29 is 9.53 Å². The van der Waals surface area contributed by atoms with Crippen LogP contribution in [0.2, 0.25) is 0 Å². The molecule has 1 saturated carbocycles. The molecule has 0 heterocycles. The summed E-state index contributed by atoms with van der Waals surface area (Å²) in [4.78, 5) is 13.6. The normalized spacial score (nSPS) is 18.6. The van der Waals surface area contributed by atoms with Gasteiger partial charge in [0.05, 0.1) is 13.0 Å². The van der Waals surface area contributed by atoms with E-state index in [-0.39, 0.29) is 11.9 Å². The predicted molar refractivity (Wildman–Crippen MR) is 68.9 cm³/mol. The minimum Gasteiger partial charge on any atom is -0.469 e. The second-order valence-corrected chi connectivity index (χ2v) is 5.05. The summed E-state index contributed by atoms with van der Waals surface area (Å²) >= 11 is 0. The predicted octanol–water partition coefficient (Wildman–Crippen LogP) is 1.26. The molecule has 0 spiro atoms. The SMILES string of the molecule is COC(=O)C(C)CNCCN(C)C1CCCC1. The van der Waals surface area contributed by atoms with Crippen LogP contribution in [0.25, 0.3) is 0 Å². The zero-order chi connectivity index (χ0) is 12.7. The maximum absolute atomic E-state index is 11.2. The third kappa shape index (κ3) is 5.04. The number of nitrogens with one attached hydrogen (secondary N) is 1. The molecule has 0 aromatic rings. The van der Waals surface area contributed by atoms with Crippen molar-refractivity contribution in [3.8, 4) is 0 Å². The van der Waals surface area contributed by atoms with Gasteiger partial charge in [0.15, 0.2) is 0 Å². The quantitative estimate of drug-likeness (QED) is 0.539. The number of rotatable bonds is 7. The molecule has 0 saturated heterocycles. The number of nitrogens with zero attached hydrogens (tertiary/aromatic N) is 1. The largest absolute Gasteiger partial charge is 0.469 e. The van der Waals surface area contributed by atoms with Crippen LogP contribution in [0.5, 0.6) is 0 Å². The van der Waals surface area contributed by atoms with Gasteiger partial charge in [-0.2, -0.15) is 0 Å². The van der Waals surface area contributed by atoms with E-state index in [1.807, 2.05) is 6.92 Å². The zero-order valence-electron chi connectivity index (χ0n) is 11.4. The van der Waals surface area contributed by atoms with Gasteiger partial charge in [-0.1, -0.05) is 19.8 Å². The van der Waals surface area contributed by atoms with Crippen LogP contribution in [0.15, 0.2) is 0 Å². The lowest BCUT2D eigenvalue weighted by Gasteiger charge is -2.24. The van der Waals surface area contributed by atoms with E-state index < -0.39 is 0 Å². The van der Waals surface area contributed by atoms with Crippen molar-refractivity contribution in [2.24, 2.45) is 5.92 Å². The Balaban J connectivity index is 2.05. The van der Waals surface area contributed by atoms with Crippen LogP contribution in [0.4, 0.5) is 0 Å². The minimum absolute atomic E-state index is 0.0585. The van der Waals surface area contributed by atoms with Crippen LogP contribution in [0.1, 0.15) is 32.6 Å². The first-order valence-corrected chi connectivity index (χ1v) is 6.64. The van der Waals surface area contributed by atoms with Crippen LogP contribution in [0, 0.1) is 5.92 Å². The van der Waals surface area contributed by atoms with Crippen molar-refractivity contribution in [3.05, 3.63) is 0 Å². The third-order valence-electron chi connectivity index (χ3n) is 3.64. The molecule has 1 unspecified atom stereocenters. The summed E-state index contributed by atoms with van der Waals surface area (Å²) in [7, 11) is 3.63. The van der Waals surface area contributed by atoms with E-state index in [2.05, 4.69) is 22.0 Å². The second-order valence-electron chi connectivity index (χ2n) is 5.05. The van der Waals surface area contributed by atoms with Gasteiger partial charge >= 0.3 is 5.97 Å². The Labute approximate surface area is 105 Å². The molecule has 0 radical (unpaired) electrons. The van der Waals surface area contributed by atoms with Crippen LogP contribution in [-0.4, -0.2) is 50.7 Å². The van der Waals surface area contributed by atoms with Gasteiger partial charge < -0.3 is 15.0 Å². The van der Waals surface area contributed by atoms with Gasteiger partial charge in [0.1, 0.15) is 0 Å². The number of methoxy groups -OCH3 is 1. The smallest absolute Gasteiger partial charge is 0.309 e. The molecule has 0 amide bonds. The topological polar surface area (TPSA) is 41.6 Å². The van der Waals surface area contributed by atoms with Crippen molar-refractivity contribution in [1.82, 2.24) is 10.2 Å². The summed E-state index contributed by atoms with van der Waals surface area (Å²) in [5.74, 6) is -0.196. The number of carbonyl (C=O) groups is 1. The van der Waals surface area contributed by atoms with Crippen molar-refractivity contribution >= 4 is 5.97 Å². The molecule has 1 aliphatic carbocycles. The van der Waals surface area contributed by atoms with Crippen LogP contribution in [0.3, 0.4) is 0 Å². The van der Waals surface area contributed by atoms with E-state index in [1.54, 1.807) is 0 Å². The summed E-state index contributed by atoms with van der Waals surface area (Å²) in [5.41, 5.74) is 0. The highest BCUT2D eigenvalue weighted by atomic mass is 16.5. The molecule has 17 heavy (non-hydrogen) atoms. The van der Waals surface area contributed by atoms with Crippen molar-refractivity contribution in [3.63, 3.8) is 0 Å². The van der Waals surface area contributed by atoms with Gasteiger partial charge in [0.2, 0.25) is 0 Å². The minimum atomic E-state index is -0.137. The second kappa shape index (κ2) is 7.67. The van der Waals surface area contributed by atoms with Gasteiger partial charge in [-0.25, -0.2) is 0 Å². The van der Waals surface area contributed by atoms with E-state index >= 15 is 0 Å². The molecule has 0 aromatic carbocycles. The molecule has 0 aliphatic heterocycles. The van der Waals surface area contributed by atoms with Gasteiger partial charge in [-0.3, -0.25) is 4.79 Å². The Morgan fingerprint density at radius 3 is 2.71 bits per heavy atom. The summed E-state index contributed by atoms with van der Waals surface area (Å²) < 4.78 is 4.68. The highest BCUT2D eigenvalue weighted by Crippen LogP contribution is 2.21. The van der Waals surface area contributed by atoms with E-state index in [0.717, 1.165) is 19.1 Å². The van der Waals surface area contributed by atoms with E-state index in [9.17, 15) is 4.79 Å². The Morgan fingerprint density at radius 1 is 1.47 bits per heavy atom. The lowest BCUT2D eigenvalue weighted by atomic mass is 10.2. The van der Waals surface area contributed by atoms with Gasteiger partial charge in [-0.05, 0) is 19.9 Å². The number of esters is 1. The summed E-state index contributed by atoms with van der Waals surface area (Å²) in [6, 6.07) is 0.773. The number of ether oxygens (including phenoxy) is 1. The molecular formula is C13H26N2O2. The molecule has 1 aliphatic rings. The van der Waals surface area contributed by atoms with E-state index in [4.69, 9.17) is 0 Å². The molecule has 1 fully saturated rings. The maximum atomic E-state index is 11.2. The molecule has 0 bridgehead atoms. The molecule has 1 N–H and O–H groups in total. The zero-order valence-corrected chi connectivity index (χ0v) is 11.4. The fourth-order valence-corrected chi connectivity index (χ4v) is 2.39. The molecule has 1 atom stereocenters. The first-order valence-electron chi connectivity index (χ1n) is 6.64. The van der Waals surface area contributed by atoms with E-state index in [1.165, 1.54) is 32.8 Å². The number of hydrogen-bond acceptors (Lipinski definition) is 4. The summed E-state index contributed by atoms with van der Waals surface area (Å²) in [5, 5.41) is 3.31. The van der Waals surface area contributed by atoms with Gasteiger partial charge in [0, 0.05) is 25.7 Å². The van der Waals surface area contributed by atoms with Crippen LogP contribution < -0.4 is 5.32 Å². The first kappa shape index (κ1) is 14.5. The van der Waals surface area contributed by atoms with Crippen molar-refractivity contribution in [2.45, 2.75) is 38.6 Å². The monoisotopic (exact) mass is 242 g/mol. The molecule has 4 heteroatoms. The lowest BCUT2D eigenvalue weighted by Crippen LogP contribution is -2.37. The molecule has 4 nitrogen and oxygen atoms in total. The summed E-state index contributed by atoms with van der Waals surface area (Å²) in [6.07, 6.45) is 5.44. The Bertz CT molecular complexity index is 227. The molecular weight excluding hydrogens is 216 g/mol. The number of hydrogen-bond donors (Lipinski definition) is 1. The van der Waals surface area contributed by atoms with Gasteiger partial charge in [-0.15, -0.1) is 0 Å². The van der Waals surface area contributed by atoms with Gasteiger partial charge in [0.25, 0.3) is 0 Å². The van der Waals surface area contributed by atoms with Crippen molar-refractivity contribution in [1.29, 1.82) is 0 Å². The fourth-order valence-electron chi connectivity index (χ4n) is 2.39. The number of likely N-dealkylation sites (N-methyl/N-ethyl adjacent to an activating group) is 1. The average Bonchev–Trinajstić information content (AvgIpc) is 2.86. The molecule has 0 aromatic heterocycles. The van der Waals surface area contributed by atoms with E-state index in [0.29, 0.717) is 6.54 Å². The van der Waals surface area contributed by atoms with Crippen LogP contribution >= 0.6 is 0 Å². The Morgan fingerprint density at radius 2 is 2.12 bits per heavy atom. The highest BCUT2D eigenvalue weighted by molar-refractivity contribution is 5.71. The molecule has 100 valence electrons. The first-order chi connectivity index (χ1) is 8.15. The number of carbonyl (C=O) groups excluding carboxylic acids is 1. The summed E-state index contributed by atoms with van der Waals surface area (Å²) in [6.45, 7) is 4.58. The fraction of sp³-hybridized carbons (Fsp3) is 0.923. The van der Waals surface area contributed by atoms with Crippen LogP contribution in [-0.2, 0) is 9.53 Å². The third-order valence-corrected chi connectivity index (χ3v) is 3.64. The highest BCUT2D eigenvalue weighted by Gasteiger charge is 2.19. The standard InChI is InChI=1S/C13H26N2O2/c1-11(13(16)17-3)10-14-8-9-15(2)12-6-4-5-7-12/h11-12,14H,4-10H2,1-3H3. The maximum Gasteiger partial charge on any atom is 0.309 e. The lowest BCUT2D eigenvalue weighted by molar-refractivity contribution is -0.144. The molecule has 1 rings (SSSR count). The van der Waals surface area contributed by atoms with Crippen molar-refractivity contribution in [2.75, 3.05) is 33.8 Å².